The van der Waals surface area contributed by atoms with Crippen LogP contribution >= 0.6 is 0 Å². The smallest absolute Gasteiger partial charge is 0.270 e. The Morgan fingerprint density at radius 2 is 1.03 bits per heavy atom. The largest absolute Gasteiger partial charge is 0.323 e. The molecule has 0 fully saturated rings. The van der Waals surface area contributed by atoms with E-state index in [1.807, 2.05) is 0 Å². The molecule has 0 unspecified atom stereocenters. The van der Waals surface area contributed by atoms with Crippen LogP contribution in [0, 0.1) is 20.2 Å². The van der Waals surface area contributed by atoms with E-state index in [0.29, 0.717) is 22.5 Å². The number of nitrogens with zero attached hydrogens (tertiary/aromatic N) is 2. The number of nitrogens with one attached hydrogen (secondary N) is 2. The van der Waals surface area contributed by atoms with Gasteiger partial charge in [0.2, 0.25) is 11.8 Å². The molecule has 0 aliphatic rings. The van der Waals surface area contributed by atoms with Gasteiger partial charge in [-0.1, -0.05) is 24.3 Å². The molecule has 0 aliphatic carbocycles. The third-order valence-corrected chi connectivity index (χ3v) is 4.44. The molecule has 0 radical (unpaired) electrons. The number of anilines is 2. The SMILES string of the molecule is O=C(C=Cc1cccc([N+](=O)[O-])c1)Nc1ccc(NC(=O)C=Cc2cccc([N+](=O)[O-])c2)cc1. The lowest BCUT2D eigenvalue weighted by molar-refractivity contribution is -0.385. The Kier molecular flexibility index (Phi) is 7.59. The Labute approximate surface area is 193 Å². The van der Waals surface area contributed by atoms with Crippen molar-refractivity contribution in [3.05, 3.63) is 116 Å². The summed E-state index contributed by atoms with van der Waals surface area (Å²) in [6, 6.07) is 18.2. The zero-order valence-corrected chi connectivity index (χ0v) is 17.6. The van der Waals surface area contributed by atoms with Gasteiger partial charge in [0, 0.05) is 47.8 Å². The van der Waals surface area contributed by atoms with Gasteiger partial charge in [0.1, 0.15) is 0 Å². The third kappa shape index (κ3) is 6.95. The van der Waals surface area contributed by atoms with E-state index in [1.165, 1.54) is 60.7 Å². The monoisotopic (exact) mass is 458 g/mol. The topological polar surface area (TPSA) is 144 Å². The van der Waals surface area contributed by atoms with Crippen LogP contribution in [0.3, 0.4) is 0 Å². The Hall–Kier alpha value is -5.12. The fourth-order valence-electron chi connectivity index (χ4n) is 2.83. The Balaban J connectivity index is 1.54. The first-order valence-corrected chi connectivity index (χ1v) is 9.87. The lowest BCUT2D eigenvalue weighted by Gasteiger charge is -2.05. The molecule has 10 nitrogen and oxygen atoms in total. The highest BCUT2D eigenvalue weighted by molar-refractivity contribution is 6.03. The van der Waals surface area contributed by atoms with Crippen molar-refractivity contribution < 1.29 is 19.4 Å². The van der Waals surface area contributed by atoms with Gasteiger partial charge in [-0.05, 0) is 47.5 Å². The predicted octanol–water partition coefficient (Wildman–Crippen LogP) is 4.81. The molecule has 0 aromatic heterocycles. The van der Waals surface area contributed by atoms with Crippen LogP contribution in [-0.4, -0.2) is 21.7 Å². The highest BCUT2D eigenvalue weighted by Crippen LogP contribution is 2.17. The molecule has 0 heterocycles. The summed E-state index contributed by atoms with van der Waals surface area (Å²) in [6.45, 7) is 0. The molecule has 0 spiro atoms. The summed E-state index contributed by atoms with van der Waals surface area (Å²) in [5, 5.41) is 26.9. The van der Waals surface area contributed by atoms with Crippen LogP contribution in [0.1, 0.15) is 11.1 Å². The van der Waals surface area contributed by atoms with E-state index in [9.17, 15) is 29.8 Å². The minimum Gasteiger partial charge on any atom is -0.323 e. The number of non-ortho nitro benzene ring substituents is 2. The standard InChI is InChI=1S/C24H18N4O6/c29-23(13-7-17-3-1-5-21(15-17)27(31)32)25-19-9-11-20(12-10-19)26-24(30)14-8-18-4-2-6-22(16-18)28(33)34/h1-16H,(H,25,29)(H,26,30). The van der Waals surface area contributed by atoms with Gasteiger partial charge in [0.15, 0.2) is 0 Å². The molecule has 0 aliphatic heterocycles. The number of nitro benzene ring substituents is 2. The first-order valence-electron chi connectivity index (χ1n) is 9.87. The highest BCUT2D eigenvalue weighted by atomic mass is 16.6. The first-order chi connectivity index (χ1) is 16.3. The Morgan fingerprint density at radius 3 is 1.38 bits per heavy atom. The molecule has 2 amide bonds. The van der Waals surface area contributed by atoms with Gasteiger partial charge < -0.3 is 10.6 Å². The second-order valence-corrected chi connectivity index (χ2v) is 6.93. The second kappa shape index (κ2) is 11.0. The summed E-state index contributed by atoms with van der Waals surface area (Å²) in [6.07, 6.45) is 5.44. The molecule has 10 heteroatoms. The van der Waals surface area contributed by atoms with Gasteiger partial charge >= 0.3 is 0 Å². The molecule has 2 N–H and O–H groups in total. The zero-order valence-electron chi connectivity index (χ0n) is 17.6. The number of hydrogen-bond donors (Lipinski definition) is 2. The van der Waals surface area contributed by atoms with Gasteiger partial charge in [-0.25, -0.2) is 0 Å². The molecule has 3 rings (SSSR count). The van der Waals surface area contributed by atoms with E-state index in [2.05, 4.69) is 10.6 Å². The van der Waals surface area contributed by atoms with Crippen molar-refractivity contribution in [3.63, 3.8) is 0 Å². The van der Waals surface area contributed by atoms with Crippen LogP contribution in [0.25, 0.3) is 12.2 Å². The Bertz CT molecular complexity index is 1200. The van der Waals surface area contributed by atoms with Crippen LogP contribution in [0.2, 0.25) is 0 Å². The average molecular weight is 458 g/mol. The molecule has 34 heavy (non-hydrogen) atoms. The number of amides is 2. The average Bonchev–Trinajstić information content (AvgIpc) is 2.83. The zero-order chi connectivity index (χ0) is 24.5. The number of carbonyl (C=O) groups is 2. The lowest BCUT2D eigenvalue weighted by Crippen LogP contribution is -2.09. The number of rotatable bonds is 8. The van der Waals surface area contributed by atoms with Gasteiger partial charge in [0.05, 0.1) is 9.85 Å². The molecule has 3 aromatic rings. The van der Waals surface area contributed by atoms with Crippen molar-refractivity contribution in [2.75, 3.05) is 10.6 Å². The van der Waals surface area contributed by atoms with Crippen LogP contribution in [0.4, 0.5) is 22.7 Å². The predicted molar refractivity (Wildman–Crippen MR) is 128 cm³/mol. The first kappa shape index (κ1) is 23.5. The molecule has 0 saturated carbocycles. The summed E-state index contributed by atoms with van der Waals surface area (Å²) >= 11 is 0. The fraction of sp³-hybridized carbons (Fsp3) is 0. The van der Waals surface area contributed by atoms with E-state index in [0.717, 1.165) is 0 Å². The summed E-state index contributed by atoms with van der Waals surface area (Å²) in [5.41, 5.74) is 1.86. The maximum Gasteiger partial charge on any atom is 0.270 e. The highest BCUT2D eigenvalue weighted by Gasteiger charge is 2.06. The number of nitro groups is 2. The minimum atomic E-state index is -0.513. The van der Waals surface area contributed by atoms with E-state index in [4.69, 9.17) is 0 Å². The number of carbonyl (C=O) groups excluding carboxylic acids is 2. The van der Waals surface area contributed by atoms with Crippen LogP contribution in [-0.2, 0) is 9.59 Å². The van der Waals surface area contributed by atoms with Crippen LogP contribution in [0.5, 0.6) is 0 Å². The molecule has 0 atom stereocenters. The summed E-state index contributed by atoms with van der Waals surface area (Å²) in [5.74, 6) is -0.855. The normalized spacial score (nSPS) is 10.8. The lowest BCUT2D eigenvalue weighted by atomic mass is 10.2. The molecule has 3 aromatic carbocycles. The second-order valence-electron chi connectivity index (χ2n) is 6.93. The van der Waals surface area contributed by atoms with E-state index >= 15 is 0 Å². The summed E-state index contributed by atoms with van der Waals surface area (Å²) in [4.78, 5) is 44.8. The molecular formula is C24H18N4O6. The van der Waals surface area contributed by atoms with E-state index < -0.39 is 21.7 Å². The van der Waals surface area contributed by atoms with Crippen LogP contribution in [0.15, 0.2) is 84.9 Å². The number of benzene rings is 3. The van der Waals surface area contributed by atoms with Gasteiger partial charge in [-0.2, -0.15) is 0 Å². The minimum absolute atomic E-state index is 0.0693. The van der Waals surface area contributed by atoms with Crippen LogP contribution < -0.4 is 10.6 Å². The quantitative estimate of drug-likeness (QED) is 0.282. The van der Waals surface area contributed by atoms with Gasteiger partial charge in [-0.15, -0.1) is 0 Å². The Morgan fingerprint density at radius 1 is 0.647 bits per heavy atom. The maximum absolute atomic E-state index is 12.1. The van der Waals surface area contributed by atoms with E-state index in [-0.39, 0.29) is 11.4 Å². The van der Waals surface area contributed by atoms with Gasteiger partial charge in [-0.3, -0.25) is 29.8 Å². The van der Waals surface area contributed by atoms with Crippen molar-refractivity contribution in [2.24, 2.45) is 0 Å². The van der Waals surface area contributed by atoms with Crippen molar-refractivity contribution in [1.29, 1.82) is 0 Å². The van der Waals surface area contributed by atoms with Crippen molar-refractivity contribution in [1.82, 2.24) is 0 Å². The number of hydrogen-bond acceptors (Lipinski definition) is 6. The van der Waals surface area contributed by atoms with Crippen molar-refractivity contribution >= 4 is 46.7 Å². The molecule has 170 valence electrons. The van der Waals surface area contributed by atoms with Gasteiger partial charge in [0.25, 0.3) is 11.4 Å². The third-order valence-electron chi connectivity index (χ3n) is 4.44. The molecule has 0 saturated heterocycles. The molecule has 0 bridgehead atoms. The fourth-order valence-corrected chi connectivity index (χ4v) is 2.83. The van der Waals surface area contributed by atoms with Crippen molar-refractivity contribution in [2.45, 2.75) is 0 Å². The maximum atomic E-state index is 12.1. The van der Waals surface area contributed by atoms with Crippen molar-refractivity contribution in [3.8, 4) is 0 Å². The summed E-state index contributed by atoms with van der Waals surface area (Å²) < 4.78 is 0. The molecular weight excluding hydrogens is 440 g/mol. The van der Waals surface area contributed by atoms with E-state index in [1.54, 1.807) is 36.4 Å². The summed E-state index contributed by atoms with van der Waals surface area (Å²) in [7, 11) is 0.